The van der Waals surface area contributed by atoms with E-state index in [9.17, 15) is 33.9 Å². The summed E-state index contributed by atoms with van der Waals surface area (Å²) in [5.41, 5.74) is -0.797. The number of aliphatic carboxylic acids is 1. The van der Waals surface area contributed by atoms with Crippen molar-refractivity contribution in [2.75, 3.05) is 6.61 Å². The van der Waals surface area contributed by atoms with E-state index in [1.165, 1.54) is 12.5 Å². The van der Waals surface area contributed by atoms with Crippen molar-refractivity contribution in [2.24, 2.45) is 34.5 Å². The average Bonchev–Trinajstić information content (AvgIpc) is 3.21. The number of Topliss-reactive ketones (excluding diaryl/α,β-unsaturated/α-hetero) is 1. The van der Waals surface area contributed by atoms with Crippen LogP contribution in [-0.2, 0) is 38.2 Å². The molecule has 4 rings (SSSR count). The van der Waals surface area contributed by atoms with Gasteiger partial charge in [0.15, 0.2) is 18.0 Å². The quantitative estimate of drug-likeness (QED) is 0.362. The Balaban J connectivity index is 1.43. The van der Waals surface area contributed by atoms with Crippen LogP contribution in [0.3, 0.4) is 0 Å². The summed E-state index contributed by atoms with van der Waals surface area (Å²) < 4.78 is 11.2. The zero-order chi connectivity index (χ0) is 31.0. The van der Waals surface area contributed by atoms with E-state index in [-0.39, 0.29) is 35.9 Å². The normalized spacial score (nSPS) is 34.3. The van der Waals surface area contributed by atoms with Crippen molar-refractivity contribution in [3.05, 3.63) is 11.6 Å². The van der Waals surface area contributed by atoms with E-state index in [1.807, 2.05) is 13.0 Å². The molecule has 0 aromatic heterocycles. The SMILES string of the molecule is CC(=O)O[C@]1(C(=O)COC(=O)CCC(=O)NC(C(=O)O)C(C)C)CCC2C3CCC4=CC(=O)CC[C@]4(C)C3CC[C@@]21C. The van der Waals surface area contributed by atoms with Gasteiger partial charge in [-0.05, 0) is 80.1 Å². The lowest BCUT2D eigenvalue weighted by molar-refractivity contribution is -0.191. The number of allylic oxidation sites excluding steroid dienone is 1. The molecule has 10 nitrogen and oxygen atoms in total. The Morgan fingerprint density at radius 1 is 1.00 bits per heavy atom. The number of fused-ring (bicyclic) bond motifs is 5. The van der Waals surface area contributed by atoms with E-state index in [0.29, 0.717) is 31.1 Å². The van der Waals surface area contributed by atoms with Gasteiger partial charge in [0.2, 0.25) is 11.7 Å². The first-order valence-electron chi connectivity index (χ1n) is 15.3. The Hall–Kier alpha value is -3.04. The van der Waals surface area contributed by atoms with E-state index in [0.717, 1.165) is 32.1 Å². The molecule has 0 saturated heterocycles. The first kappa shape index (κ1) is 31.9. The van der Waals surface area contributed by atoms with Gasteiger partial charge in [0.1, 0.15) is 6.04 Å². The molecule has 4 aliphatic rings. The van der Waals surface area contributed by atoms with Gasteiger partial charge in [0.25, 0.3) is 0 Å². The van der Waals surface area contributed by atoms with Crippen molar-refractivity contribution in [1.82, 2.24) is 5.32 Å². The number of hydrogen-bond acceptors (Lipinski definition) is 8. The smallest absolute Gasteiger partial charge is 0.326 e. The predicted octanol–water partition coefficient (Wildman–Crippen LogP) is 3.94. The fourth-order valence-corrected chi connectivity index (χ4v) is 8.80. The minimum atomic E-state index is -1.41. The first-order valence-corrected chi connectivity index (χ1v) is 15.3. The summed E-state index contributed by atoms with van der Waals surface area (Å²) in [4.78, 5) is 74.4. The van der Waals surface area contributed by atoms with Crippen LogP contribution in [0.15, 0.2) is 11.6 Å². The van der Waals surface area contributed by atoms with Gasteiger partial charge in [0, 0.05) is 25.2 Å². The van der Waals surface area contributed by atoms with Gasteiger partial charge in [-0.3, -0.25) is 24.0 Å². The number of amides is 1. The summed E-state index contributed by atoms with van der Waals surface area (Å²) >= 11 is 0. The Morgan fingerprint density at radius 3 is 2.33 bits per heavy atom. The van der Waals surface area contributed by atoms with Crippen LogP contribution in [0.25, 0.3) is 0 Å². The van der Waals surface area contributed by atoms with Crippen LogP contribution < -0.4 is 5.32 Å². The van der Waals surface area contributed by atoms with Gasteiger partial charge in [-0.2, -0.15) is 0 Å². The number of ketones is 2. The second-order valence-corrected chi connectivity index (χ2v) is 13.6. The first-order chi connectivity index (χ1) is 19.6. The maximum Gasteiger partial charge on any atom is 0.326 e. The van der Waals surface area contributed by atoms with Crippen molar-refractivity contribution in [2.45, 2.75) is 110 Å². The highest BCUT2D eigenvalue weighted by Gasteiger charge is 2.68. The Bertz CT molecular complexity index is 1190. The van der Waals surface area contributed by atoms with E-state index in [1.54, 1.807) is 13.8 Å². The number of nitrogens with one attached hydrogen (secondary N) is 1. The lowest BCUT2D eigenvalue weighted by Gasteiger charge is -2.59. The van der Waals surface area contributed by atoms with Gasteiger partial charge in [-0.1, -0.05) is 33.3 Å². The number of carboxylic acids is 1. The van der Waals surface area contributed by atoms with Crippen LogP contribution in [0.2, 0.25) is 0 Å². The Labute approximate surface area is 247 Å². The molecule has 4 aliphatic carbocycles. The topological polar surface area (TPSA) is 153 Å². The summed E-state index contributed by atoms with van der Waals surface area (Å²) in [5, 5.41) is 11.7. The third-order valence-electron chi connectivity index (χ3n) is 11.0. The van der Waals surface area contributed by atoms with Crippen LogP contribution >= 0.6 is 0 Å². The van der Waals surface area contributed by atoms with E-state index < -0.39 is 53.3 Å². The zero-order valence-electron chi connectivity index (χ0n) is 25.5. The molecule has 4 unspecified atom stereocenters. The molecule has 2 N–H and O–H groups in total. The molecular formula is C32H45NO9. The highest BCUT2D eigenvalue weighted by Crippen LogP contribution is 2.68. The molecule has 0 bridgehead atoms. The molecule has 0 spiro atoms. The monoisotopic (exact) mass is 587 g/mol. The molecule has 3 saturated carbocycles. The molecule has 7 atom stereocenters. The summed E-state index contributed by atoms with van der Waals surface area (Å²) in [6.07, 6.45) is 7.10. The van der Waals surface area contributed by atoms with Crippen molar-refractivity contribution >= 4 is 35.4 Å². The van der Waals surface area contributed by atoms with Gasteiger partial charge in [-0.25, -0.2) is 4.79 Å². The number of carbonyl (C=O) groups excluding carboxylic acids is 5. The highest BCUT2D eigenvalue weighted by molar-refractivity contribution is 5.94. The van der Waals surface area contributed by atoms with Crippen LogP contribution in [0, 0.1) is 34.5 Å². The maximum atomic E-state index is 13.8. The van der Waals surface area contributed by atoms with Crippen molar-refractivity contribution in [1.29, 1.82) is 0 Å². The van der Waals surface area contributed by atoms with Crippen molar-refractivity contribution < 1.29 is 43.3 Å². The second kappa shape index (κ2) is 11.9. The van der Waals surface area contributed by atoms with Crippen LogP contribution in [-0.4, -0.2) is 58.7 Å². The fourth-order valence-electron chi connectivity index (χ4n) is 8.80. The van der Waals surface area contributed by atoms with E-state index >= 15 is 0 Å². The lowest BCUT2D eigenvalue weighted by Crippen LogP contribution is -2.59. The van der Waals surface area contributed by atoms with E-state index in [4.69, 9.17) is 9.47 Å². The number of ether oxygens (including phenoxy) is 2. The van der Waals surface area contributed by atoms with Crippen LogP contribution in [0.4, 0.5) is 0 Å². The molecule has 3 fully saturated rings. The minimum absolute atomic E-state index is 0.0314. The molecule has 232 valence electrons. The summed E-state index contributed by atoms with van der Waals surface area (Å²) in [6, 6.07) is -1.07. The molecule has 0 aromatic carbocycles. The summed E-state index contributed by atoms with van der Waals surface area (Å²) in [5.74, 6) is -2.76. The molecular weight excluding hydrogens is 542 g/mol. The highest BCUT2D eigenvalue weighted by atomic mass is 16.6. The molecule has 0 radical (unpaired) electrons. The lowest BCUT2D eigenvalue weighted by atomic mass is 9.46. The van der Waals surface area contributed by atoms with Gasteiger partial charge < -0.3 is 19.9 Å². The third kappa shape index (κ3) is 5.65. The number of hydrogen-bond donors (Lipinski definition) is 2. The van der Waals surface area contributed by atoms with Crippen molar-refractivity contribution in [3.8, 4) is 0 Å². The van der Waals surface area contributed by atoms with Gasteiger partial charge in [0.05, 0.1) is 6.42 Å². The molecule has 0 aliphatic heterocycles. The molecule has 1 amide bonds. The van der Waals surface area contributed by atoms with Crippen molar-refractivity contribution in [3.63, 3.8) is 0 Å². The largest absolute Gasteiger partial charge is 0.480 e. The predicted molar refractivity (Wildman–Crippen MR) is 151 cm³/mol. The molecule has 10 heteroatoms. The summed E-state index contributed by atoms with van der Waals surface area (Å²) in [6.45, 7) is 8.38. The second-order valence-electron chi connectivity index (χ2n) is 13.6. The van der Waals surface area contributed by atoms with Crippen LogP contribution in [0.5, 0.6) is 0 Å². The number of esters is 2. The standard InChI is InChI=1S/C32H45NO9/c1-18(2)28(29(39)40)33-26(37)8-9-27(38)41-17-25(36)32(42-19(3)34)15-12-24-22-7-6-20-16-21(35)10-13-30(20,4)23(22)11-14-31(24,32)5/h16,18,22-24,28H,6-15,17H2,1-5H3,(H,33,37)(H,39,40)/t22?,23?,24?,28?,30-,31-,32-/m0/s1. The molecule has 42 heavy (non-hydrogen) atoms. The molecule has 0 heterocycles. The van der Waals surface area contributed by atoms with Gasteiger partial charge in [-0.15, -0.1) is 0 Å². The van der Waals surface area contributed by atoms with E-state index in [2.05, 4.69) is 12.2 Å². The number of carboxylic acid groups (broad SMARTS) is 1. The van der Waals surface area contributed by atoms with Gasteiger partial charge >= 0.3 is 17.9 Å². The Kier molecular flexibility index (Phi) is 9.05. The Morgan fingerprint density at radius 2 is 1.69 bits per heavy atom. The number of carbonyl (C=O) groups is 6. The van der Waals surface area contributed by atoms with Crippen LogP contribution in [0.1, 0.15) is 98.8 Å². The fraction of sp³-hybridized carbons (Fsp3) is 0.750. The maximum absolute atomic E-state index is 13.8. The summed E-state index contributed by atoms with van der Waals surface area (Å²) in [7, 11) is 0. The molecule has 0 aromatic rings. The average molecular weight is 588 g/mol. The minimum Gasteiger partial charge on any atom is -0.480 e. The third-order valence-corrected chi connectivity index (χ3v) is 11.0. The zero-order valence-corrected chi connectivity index (χ0v) is 25.5. The number of rotatable bonds is 10.